The molecule has 2 N–H and O–H groups in total. The fourth-order valence-electron chi connectivity index (χ4n) is 3.33. The molecule has 28 heavy (non-hydrogen) atoms. The van der Waals surface area contributed by atoms with E-state index in [2.05, 4.69) is 6.92 Å². The number of fused-ring (bicyclic) bond motifs is 2. The molecule has 0 radical (unpaired) electrons. The van der Waals surface area contributed by atoms with Crippen LogP contribution in [-0.4, -0.2) is 24.2 Å². The summed E-state index contributed by atoms with van der Waals surface area (Å²) in [7, 11) is 3.21. The summed E-state index contributed by atoms with van der Waals surface area (Å²) in [6, 6.07) is 9.62. The summed E-state index contributed by atoms with van der Waals surface area (Å²) < 4.78 is 12.9. The highest BCUT2D eigenvalue weighted by molar-refractivity contribution is 5.99. The van der Waals surface area contributed by atoms with E-state index < -0.39 is 0 Å². The van der Waals surface area contributed by atoms with Gasteiger partial charge in [-0.2, -0.15) is 4.57 Å². The zero-order valence-electron chi connectivity index (χ0n) is 16.2. The van der Waals surface area contributed by atoms with Crippen LogP contribution in [0.3, 0.4) is 0 Å². The van der Waals surface area contributed by atoms with Crippen LogP contribution in [-0.2, 0) is 0 Å². The summed E-state index contributed by atoms with van der Waals surface area (Å²) >= 11 is 0. The number of halogens is 1. The summed E-state index contributed by atoms with van der Waals surface area (Å²) in [5.74, 6) is 1.23. The lowest BCUT2D eigenvalue weighted by molar-refractivity contribution is -0.594. The van der Waals surface area contributed by atoms with Crippen LogP contribution in [0.4, 0.5) is 5.69 Å². The van der Waals surface area contributed by atoms with Crippen molar-refractivity contribution >= 4 is 27.8 Å². The maximum atomic E-state index is 6.42. The van der Waals surface area contributed by atoms with Gasteiger partial charge in [-0.1, -0.05) is 6.07 Å². The molecule has 4 aromatic rings. The molecule has 2 aromatic heterocycles. The van der Waals surface area contributed by atoms with Crippen molar-refractivity contribution in [2.75, 3.05) is 20.0 Å². The van der Waals surface area contributed by atoms with Crippen LogP contribution in [0.1, 0.15) is 11.1 Å². The van der Waals surface area contributed by atoms with E-state index in [-0.39, 0.29) is 17.0 Å². The molecule has 0 spiro atoms. The number of ether oxygens (including phenoxy) is 2. The second-order valence-electron chi connectivity index (χ2n) is 6.41. The first-order valence-electron chi connectivity index (χ1n) is 8.64. The van der Waals surface area contributed by atoms with Crippen LogP contribution in [0.5, 0.6) is 11.5 Å². The van der Waals surface area contributed by atoms with Gasteiger partial charge in [0.2, 0.25) is 5.69 Å². The van der Waals surface area contributed by atoms with Gasteiger partial charge in [0, 0.05) is 29.8 Å². The van der Waals surface area contributed by atoms with Crippen LogP contribution in [0, 0.1) is 13.8 Å². The number of nitrogens with two attached hydrogens (primary N) is 1. The summed E-state index contributed by atoms with van der Waals surface area (Å²) in [4.78, 5) is 9.71. The zero-order chi connectivity index (χ0) is 19.1. The normalized spacial score (nSPS) is 10.7. The fourth-order valence-corrected chi connectivity index (χ4v) is 3.33. The number of anilines is 1. The fraction of sp³-hybridized carbons (Fsp3) is 0.190. The number of methoxy groups -OCH3 is 2. The van der Waals surface area contributed by atoms with Crippen LogP contribution in [0.25, 0.3) is 27.8 Å². The van der Waals surface area contributed by atoms with Crippen LogP contribution >= 0.6 is 0 Å². The quantitative estimate of drug-likeness (QED) is 0.281. The predicted octanol–water partition coefficient (Wildman–Crippen LogP) is 0.280. The third-order valence-corrected chi connectivity index (χ3v) is 4.94. The average molecular weight is 441 g/mol. The van der Waals surface area contributed by atoms with E-state index in [0.717, 1.165) is 27.8 Å². The van der Waals surface area contributed by atoms with Gasteiger partial charge in [0.15, 0.2) is 29.4 Å². The number of benzene rings is 2. The Morgan fingerprint density at radius 3 is 1.89 bits per heavy atom. The van der Waals surface area contributed by atoms with E-state index in [1.807, 2.05) is 54.2 Å². The molecule has 0 aliphatic rings. The molecule has 2 aromatic carbocycles. The minimum atomic E-state index is 0. The third kappa shape index (κ3) is 3.01. The summed E-state index contributed by atoms with van der Waals surface area (Å²) in [6.07, 6.45) is 4.00. The Hall–Kier alpha value is -2.93. The number of rotatable bonds is 3. The van der Waals surface area contributed by atoms with Gasteiger partial charge in [0.1, 0.15) is 5.52 Å². The van der Waals surface area contributed by atoms with E-state index in [4.69, 9.17) is 25.2 Å². The standard InChI is InChI=1S/C21H21N4O2.BrH/c1-12-13(2)21(25-8-6-5-7-9-25)20-19(18(12)22)23-14-10-16(26-3)17(27-4)11-15(14)24-20;/h5-11H,22H2,1-4H3;1H/q+1;/p-1. The van der Waals surface area contributed by atoms with Gasteiger partial charge in [-0.25, -0.2) is 9.97 Å². The smallest absolute Gasteiger partial charge is 0.242 e. The third-order valence-electron chi connectivity index (χ3n) is 4.94. The number of nitrogens with zero attached hydrogens (tertiary/aromatic N) is 3. The molecule has 0 saturated heterocycles. The molecule has 0 aliphatic heterocycles. The molecule has 0 fully saturated rings. The lowest BCUT2D eigenvalue weighted by Crippen LogP contribution is -3.00. The highest BCUT2D eigenvalue weighted by atomic mass is 79.9. The number of hydrogen-bond donors (Lipinski definition) is 1. The molecule has 0 aliphatic carbocycles. The van der Waals surface area contributed by atoms with Gasteiger partial charge in [0.05, 0.1) is 30.9 Å². The van der Waals surface area contributed by atoms with Crippen LogP contribution in [0.15, 0.2) is 42.7 Å². The van der Waals surface area contributed by atoms with Crippen molar-refractivity contribution in [1.29, 1.82) is 0 Å². The number of hydrogen-bond acceptors (Lipinski definition) is 5. The topological polar surface area (TPSA) is 74.1 Å². The Kier molecular flexibility index (Phi) is 5.38. The van der Waals surface area contributed by atoms with Gasteiger partial charge in [-0.15, -0.1) is 0 Å². The number of pyridine rings is 1. The van der Waals surface area contributed by atoms with Crippen molar-refractivity contribution in [3.8, 4) is 17.2 Å². The van der Waals surface area contributed by atoms with Gasteiger partial charge in [-0.3, -0.25) is 0 Å². The summed E-state index contributed by atoms with van der Waals surface area (Å²) in [5.41, 5.74) is 13.0. The van der Waals surface area contributed by atoms with Crippen molar-refractivity contribution in [3.63, 3.8) is 0 Å². The Bertz CT molecular complexity index is 1180. The molecule has 0 amide bonds. The monoisotopic (exact) mass is 440 g/mol. The summed E-state index contributed by atoms with van der Waals surface area (Å²) in [6.45, 7) is 4.07. The molecule has 0 unspecified atom stereocenters. The van der Waals surface area contributed by atoms with E-state index in [9.17, 15) is 0 Å². The highest BCUT2D eigenvalue weighted by Crippen LogP contribution is 2.35. The van der Waals surface area contributed by atoms with Gasteiger partial charge in [-0.05, 0) is 19.4 Å². The second kappa shape index (κ2) is 7.59. The van der Waals surface area contributed by atoms with E-state index in [0.29, 0.717) is 28.2 Å². The molecule has 6 nitrogen and oxygen atoms in total. The van der Waals surface area contributed by atoms with Crippen molar-refractivity contribution < 1.29 is 31.0 Å². The largest absolute Gasteiger partial charge is 1.00 e. The molecule has 144 valence electrons. The average Bonchev–Trinajstić information content (AvgIpc) is 2.71. The molecule has 0 bridgehead atoms. The zero-order valence-corrected chi connectivity index (χ0v) is 17.7. The van der Waals surface area contributed by atoms with E-state index >= 15 is 0 Å². The van der Waals surface area contributed by atoms with E-state index in [1.165, 1.54) is 0 Å². The van der Waals surface area contributed by atoms with Gasteiger partial charge >= 0.3 is 0 Å². The maximum absolute atomic E-state index is 6.42. The van der Waals surface area contributed by atoms with Crippen LogP contribution < -0.4 is 36.8 Å². The number of aromatic nitrogens is 3. The minimum Gasteiger partial charge on any atom is -1.00 e. The molecular formula is C21H21BrN4O2. The molecule has 0 atom stereocenters. The second-order valence-corrected chi connectivity index (χ2v) is 6.41. The predicted molar refractivity (Wildman–Crippen MR) is 106 cm³/mol. The first kappa shape index (κ1) is 19.8. The van der Waals surface area contributed by atoms with Crippen molar-refractivity contribution in [1.82, 2.24) is 9.97 Å². The minimum absolute atomic E-state index is 0. The maximum Gasteiger partial charge on any atom is 0.242 e. The van der Waals surface area contributed by atoms with Crippen molar-refractivity contribution in [3.05, 3.63) is 53.9 Å². The summed E-state index contributed by atoms with van der Waals surface area (Å²) in [5, 5.41) is 0. The SMILES string of the molecule is COc1cc2nc3c(N)c(C)c(C)c(-[n+]4ccccc4)c3nc2cc1OC.[Br-]. The van der Waals surface area contributed by atoms with Crippen molar-refractivity contribution in [2.24, 2.45) is 0 Å². The Labute approximate surface area is 173 Å². The van der Waals surface area contributed by atoms with Gasteiger partial charge < -0.3 is 32.2 Å². The molecule has 2 heterocycles. The first-order chi connectivity index (χ1) is 13.0. The Morgan fingerprint density at radius 1 is 0.821 bits per heavy atom. The molecule has 7 heteroatoms. The lowest BCUT2D eigenvalue weighted by Gasteiger charge is -2.13. The van der Waals surface area contributed by atoms with Gasteiger partial charge in [0.25, 0.3) is 0 Å². The lowest BCUT2D eigenvalue weighted by atomic mass is 10.0. The first-order valence-corrected chi connectivity index (χ1v) is 8.64. The van der Waals surface area contributed by atoms with Crippen LogP contribution in [0.2, 0.25) is 0 Å². The van der Waals surface area contributed by atoms with Crippen molar-refractivity contribution in [2.45, 2.75) is 13.8 Å². The number of nitrogen functional groups attached to an aromatic ring is 1. The molecular weight excluding hydrogens is 420 g/mol. The molecule has 0 saturated carbocycles. The highest BCUT2D eigenvalue weighted by Gasteiger charge is 2.23. The Morgan fingerprint density at radius 2 is 1.36 bits per heavy atom. The Balaban J connectivity index is 0.00000225. The van der Waals surface area contributed by atoms with E-state index in [1.54, 1.807) is 14.2 Å². The molecule has 4 rings (SSSR count).